The van der Waals surface area contributed by atoms with Crippen molar-refractivity contribution in [3.63, 3.8) is 0 Å². The molecule has 0 fully saturated rings. The largest absolute Gasteiger partial charge is 0.334 e. The summed E-state index contributed by atoms with van der Waals surface area (Å²) >= 11 is 5.75. The Labute approximate surface area is 109 Å². The number of rotatable bonds is 3. The smallest absolute Gasteiger partial charge is 0.254 e. The average molecular weight is 266 g/mol. The van der Waals surface area contributed by atoms with Crippen LogP contribution in [0.4, 0.5) is 0 Å². The van der Waals surface area contributed by atoms with E-state index in [4.69, 9.17) is 11.6 Å². The number of carbonyl (C=O) groups excluding carboxylic acids is 1. The number of carbonyl (C=O) groups is 1. The fourth-order valence-corrected chi connectivity index (χ4v) is 1.67. The fraction of sp³-hybridized carbons (Fsp3) is 0.273. The van der Waals surface area contributed by atoms with Crippen molar-refractivity contribution in [2.45, 2.75) is 13.5 Å². The van der Waals surface area contributed by atoms with Gasteiger partial charge in [-0.1, -0.05) is 11.6 Å². The summed E-state index contributed by atoms with van der Waals surface area (Å²) in [5.41, 5.74) is 0.491. The molecule has 7 heteroatoms. The third-order valence-corrected chi connectivity index (χ3v) is 2.55. The Balaban J connectivity index is 2.09. The van der Waals surface area contributed by atoms with Crippen LogP contribution in [0.25, 0.3) is 0 Å². The Kier molecular flexibility index (Phi) is 3.57. The molecule has 0 bridgehead atoms. The molecule has 0 atom stereocenters. The predicted molar refractivity (Wildman–Crippen MR) is 66.2 cm³/mol. The zero-order chi connectivity index (χ0) is 13.1. The lowest BCUT2D eigenvalue weighted by Crippen LogP contribution is -2.26. The Bertz CT molecular complexity index is 568. The maximum atomic E-state index is 12.1. The van der Waals surface area contributed by atoms with Gasteiger partial charge >= 0.3 is 0 Å². The second-order valence-corrected chi connectivity index (χ2v) is 4.25. The van der Waals surface area contributed by atoms with Gasteiger partial charge in [0.05, 0.1) is 6.54 Å². The molecule has 1 amide bonds. The Morgan fingerprint density at radius 1 is 1.56 bits per heavy atom. The van der Waals surface area contributed by atoms with Crippen LogP contribution >= 0.6 is 11.6 Å². The van der Waals surface area contributed by atoms with Crippen LogP contribution in [0.3, 0.4) is 0 Å². The van der Waals surface area contributed by atoms with Crippen LogP contribution in [0.15, 0.2) is 18.3 Å². The minimum Gasteiger partial charge on any atom is -0.334 e. The number of hydrogen-bond acceptors (Lipinski definition) is 4. The summed E-state index contributed by atoms with van der Waals surface area (Å²) in [5, 5.41) is 7.01. The molecule has 1 N–H and O–H groups in total. The predicted octanol–water partition coefficient (Wildman–Crippen LogP) is 1.43. The molecule has 0 saturated carbocycles. The van der Waals surface area contributed by atoms with E-state index < -0.39 is 0 Å². The number of aromatic amines is 1. The highest BCUT2D eigenvalue weighted by Gasteiger charge is 2.14. The fourth-order valence-electron chi connectivity index (χ4n) is 1.50. The van der Waals surface area contributed by atoms with E-state index in [0.717, 1.165) is 5.82 Å². The monoisotopic (exact) mass is 265 g/mol. The van der Waals surface area contributed by atoms with Gasteiger partial charge in [-0.2, -0.15) is 5.10 Å². The Morgan fingerprint density at radius 2 is 2.33 bits per heavy atom. The van der Waals surface area contributed by atoms with Crippen molar-refractivity contribution < 1.29 is 4.79 Å². The first-order valence-corrected chi connectivity index (χ1v) is 5.69. The first kappa shape index (κ1) is 12.5. The van der Waals surface area contributed by atoms with Crippen molar-refractivity contribution in [3.8, 4) is 0 Å². The van der Waals surface area contributed by atoms with Crippen LogP contribution in [-0.4, -0.2) is 38.0 Å². The van der Waals surface area contributed by atoms with E-state index in [1.165, 1.54) is 17.2 Å². The molecule has 0 spiro atoms. The third-order valence-electron chi connectivity index (χ3n) is 2.34. The van der Waals surface area contributed by atoms with Crippen LogP contribution in [0, 0.1) is 6.92 Å². The SMILES string of the molecule is Cc1nc(CN(C)C(=O)c2ccnc(Cl)c2)n[nH]1. The summed E-state index contributed by atoms with van der Waals surface area (Å²) in [7, 11) is 1.68. The highest BCUT2D eigenvalue weighted by atomic mass is 35.5. The molecule has 0 aromatic carbocycles. The molecule has 2 aromatic heterocycles. The minimum absolute atomic E-state index is 0.151. The number of hydrogen-bond donors (Lipinski definition) is 1. The molecule has 2 rings (SSSR count). The lowest BCUT2D eigenvalue weighted by atomic mass is 10.2. The molecule has 0 aliphatic heterocycles. The van der Waals surface area contributed by atoms with Gasteiger partial charge < -0.3 is 4.90 Å². The maximum Gasteiger partial charge on any atom is 0.254 e. The van der Waals surface area contributed by atoms with E-state index in [1.54, 1.807) is 20.0 Å². The van der Waals surface area contributed by atoms with Crippen LogP contribution < -0.4 is 0 Å². The van der Waals surface area contributed by atoms with Crippen molar-refractivity contribution in [2.75, 3.05) is 7.05 Å². The molecule has 0 saturated heterocycles. The maximum absolute atomic E-state index is 12.1. The third kappa shape index (κ3) is 2.84. The highest BCUT2D eigenvalue weighted by Crippen LogP contribution is 2.10. The molecular formula is C11H12ClN5O. The molecule has 18 heavy (non-hydrogen) atoms. The van der Waals surface area contributed by atoms with E-state index in [9.17, 15) is 4.79 Å². The van der Waals surface area contributed by atoms with Gasteiger partial charge in [0, 0.05) is 18.8 Å². The van der Waals surface area contributed by atoms with Crippen molar-refractivity contribution in [2.24, 2.45) is 0 Å². The summed E-state index contributed by atoms with van der Waals surface area (Å²) < 4.78 is 0. The molecular weight excluding hydrogens is 254 g/mol. The molecule has 6 nitrogen and oxygen atoms in total. The zero-order valence-electron chi connectivity index (χ0n) is 10.0. The molecule has 0 aliphatic rings. The van der Waals surface area contributed by atoms with Crippen LogP contribution in [0.2, 0.25) is 5.15 Å². The average Bonchev–Trinajstić information content (AvgIpc) is 2.73. The van der Waals surface area contributed by atoms with Crippen molar-refractivity contribution >= 4 is 17.5 Å². The van der Waals surface area contributed by atoms with Crippen LogP contribution in [0.1, 0.15) is 22.0 Å². The van der Waals surface area contributed by atoms with Crippen LogP contribution in [-0.2, 0) is 6.54 Å². The number of aromatic nitrogens is 4. The molecule has 0 radical (unpaired) electrons. The summed E-state index contributed by atoms with van der Waals surface area (Å²) in [6.07, 6.45) is 1.50. The quantitative estimate of drug-likeness (QED) is 0.852. The summed E-state index contributed by atoms with van der Waals surface area (Å²) in [6.45, 7) is 2.14. The van der Waals surface area contributed by atoms with Gasteiger partial charge in [0.2, 0.25) is 0 Å². The van der Waals surface area contributed by atoms with Gasteiger partial charge in [0.15, 0.2) is 5.82 Å². The first-order valence-electron chi connectivity index (χ1n) is 5.31. The first-order chi connectivity index (χ1) is 8.56. The van der Waals surface area contributed by atoms with Crippen molar-refractivity contribution in [1.82, 2.24) is 25.1 Å². The molecule has 94 valence electrons. The Morgan fingerprint density at radius 3 is 2.94 bits per heavy atom. The van der Waals surface area contributed by atoms with E-state index in [2.05, 4.69) is 20.2 Å². The molecule has 2 heterocycles. The van der Waals surface area contributed by atoms with Gasteiger partial charge in [-0.25, -0.2) is 9.97 Å². The topological polar surface area (TPSA) is 74.8 Å². The van der Waals surface area contributed by atoms with E-state index in [1.807, 2.05) is 0 Å². The van der Waals surface area contributed by atoms with Crippen LogP contribution in [0.5, 0.6) is 0 Å². The lowest BCUT2D eigenvalue weighted by molar-refractivity contribution is 0.0781. The van der Waals surface area contributed by atoms with Gasteiger partial charge in [-0.3, -0.25) is 9.89 Å². The van der Waals surface area contributed by atoms with E-state index in [-0.39, 0.29) is 5.91 Å². The number of halogens is 1. The second-order valence-electron chi connectivity index (χ2n) is 3.87. The number of pyridine rings is 1. The number of nitrogens with one attached hydrogen (secondary N) is 1. The molecule has 0 aliphatic carbocycles. The summed E-state index contributed by atoms with van der Waals surface area (Å²) in [4.78, 5) is 21.6. The second kappa shape index (κ2) is 5.14. The summed E-state index contributed by atoms with van der Waals surface area (Å²) in [5.74, 6) is 1.14. The lowest BCUT2D eigenvalue weighted by Gasteiger charge is -2.15. The van der Waals surface area contributed by atoms with Crippen molar-refractivity contribution in [1.29, 1.82) is 0 Å². The number of aryl methyl sites for hydroxylation is 1. The molecule has 2 aromatic rings. The van der Waals surface area contributed by atoms with Crippen molar-refractivity contribution in [3.05, 3.63) is 40.7 Å². The number of nitrogens with zero attached hydrogens (tertiary/aromatic N) is 4. The minimum atomic E-state index is -0.151. The Hall–Kier alpha value is -1.95. The summed E-state index contributed by atoms with van der Waals surface area (Å²) in [6, 6.07) is 3.15. The number of amides is 1. The zero-order valence-corrected chi connectivity index (χ0v) is 10.8. The highest BCUT2D eigenvalue weighted by molar-refractivity contribution is 6.29. The normalized spacial score (nSPS) is 10.4. The number of H-pyrrole nitrogens is 1. The van der Waals surface area contributed by atoms with E-state index >= 15 is 0 Å². The van der Waals surface area contributed by atoms with Gasteiger partial charge in [-0.05, 0) is 19.1 Å². The standard InChI is InChI=1S/C11H12ClN5O/c1-7-14-10(16-15-7)6-17(2)11(18)8-3-4-13-9(12)5-8/h3-5H,6H2,1-2H3,(H,14,15,16). The molecule has 0 unspecified atom stereocenters. The van der Waals surface area contributed by atoms with Gasteiger partial charge in [-0.15, -0.1) is 0 Å². The van der Waals surface area contributed by atoms with Gasteiger partial charge in [0.1, 0.15) is 11.0 Å². The van der Waals surface area contributed by atoms with E-state index in [0.29, 0.717) is 23.1 Å². The van der Waals surface area contributed by atoms with Gasteiger partial charge in [0.25, 0.3) is 5.91 Å².